The van der Waals surface area contributed by atoms with E-state index in [-0.39, 0.29) is 17.6 Å². The van der Waals surface area contributed by atoms with E-state index in [0.717, 1.165) is 29.0 Å². The van der Waals surface area contributed by atoms with E-state index in [1.165, 1.54) is 6.20 Å². The van der Waals surface area contributed by atoms with Crippen LogP contribution in [-0.4, -0.2) is 43.3 Å². The molecule has 0 spiro atoms. The largest absolute Gasteiger partial charge is 0.341 e. The van der Waals surface area contributed by atoms with Crippen molar-refractivity contribution in [2.75, 3.05) is 12.0 Å². The van der Waals surface area contributed by atoms with E-state index < -0.39 is 0 Å². The highest BCUT2D eigenvalue weighted by Gasteiger charge is 2.20. The summed E-state index contributed by atoms with van der Waals surface area (Å²) in [6.07, 6.45) is 4.22. The van der Waals surface area contributed by atoms with Gasteiger partial charge in [0.2, 0.25) is 0 Å². The fourth-order valence-corrected chi connectivity index (χ4v) is 2.67. The standard InChI is InChI=1S/C14H16N6OS/c1-22-7-6-11(18-14(21)12-8-15-20-19-12)13-16-9-4-2-3-5-10(9)17-13/h2-5,8,11H,6-7H2,1H3,(H,16,17)(H,18,21)(H,15,19,20)/t11-/m0/s1. The van der Waals surface area contributed by atoms with Gasteiger partial charge in [-0.3, -0.25) is 4.79 Å². The summed E-state index contributed by atoms with van der Waals surface area (Å²) in [6.45, 7) is 0. The number of hydrogen-bond donors (Lipinski definition) is 3. The fourth-order valence-electron chi connectivity index (χ4n) is 2.19. The molecule has 0 saturated carbocycles. The SMILES string of the molecule is CSCC[C@H](NC(=O)c1cn[nH]n1)c1nc2ccccc2[nH]1. The number of nitrogens with one attached hydrogen (secondary N) is 3. The first kappa shape index (κ1) is 14.6. The van der Waals surface area contributed by atoms with Crippen molar-refractivity contribution in [3.63, 3.8) is 0 Å². The second-order valence-electron chi connectivity index (χ2n) is 4.80. The maximum Gasteiger partial charge on any atom is 0.274 e. The third-order valence-electron chi connectivity index (χ3n) is 3.30. The Morgan fingerprint density at radius 3 is 3.00 bits per heavy atom. The van der Waals surface area contributed by atoms with E-state index >= 15 is 0 Å². The lowest BCUT2D eigenvalue weighted by molar-refractivity contribution is 0.0929. The van der Waals surface area contributed by atoms with E-state index in [4.69, 9.17) is 0 Å². The first-order valence-electron chi connectivity index (χ1n) is 6.88. The number of nitrogens with zero attached hydrogens (tertiary/aromatic N) is 3. The highest BCUT2D eigenvalue weighted by Crippen LogP contribution is 2.20. The Morgan fingerprint density at radius 1 is 1.41 bits per heavy atom. The average Bonchev–Trinajstić information content (AvgIpc) is 3.19. The minimum atomic E-state index is -0.264. The van der Waals surface area contributed by atoms with Crippen LogP contribution in [0.1, 0.15) is 28.8 Å². The van der Waals surface area contributed by atoms with Gasteiger partial charge in [0, 0.05) is 0 Å². The molecule has 1 aromatic carbocycles. The quantitative estimate of drug-likeness (QED) is 0.645. The summed E-state index contributed by atoms with van der Waals surface area (Å²) in [5, 5.41) is 12.9. The van der Waals surface area contributed by atoms with Crippen LogP contribution in [0.4, 0.5) is 0 Å². The summed E-state index contributed by atoms with van der Waals surface area (Å²) < 4.78 is 0. The van der Waals surface area contributed by atoms with Gasteiger partial charge >= 0.3 is 0 Å². The minimum Gasteiger partial charge on any atom is -0.341 e. The summed E-state index contributed by atoms with van der Waals surface area (Å²) in [5.41, 5.74) is 2.12. The van der Waals surface area contributed by atoms with Gasteiger partial charge in [0.25, 0.3) is 5.91 Å². The number of thioether (sulfide) groups is 1. The fraction of sp³-hybridized carbons (Fsp3) is 0.286. The van der Waals surface area contributed by atoms with Crippen molar-refractivity contribution in [2.45, 2.75) is 12.5 Å². The van der Waals surface area contributed by atoms with Gasteiger partial charge in [-0.05, 0) is 30.6 Å². The first-order chi connectivity index (χ1) is 10.8. The third-order valence-corrected chi connectivity index (χ3v) is 3.95. The average molecular weight is 316 g/mol. The lowest BCUT2D eigenvalue weighted by Gasteiger charge is -2.15. The van der Waals surface area contributed by atoms with E-state index in [0.29, 0.717) is 0 Å². The predicted molar refractivity (Wildman–Crippen MR) is 85.7 cm³/mol. The number of H-pyrrole nitrogens is 2. The molecule has 3 rings (SSSR count). The number of rotatable bonds is 6. The molecule has 2 heterocycles. The predicted octanol–water partition coefficient (Wildman–Crippen LogP) is 1.91. The molecular weight excluding hydrogens is 300 g/mol. The van der Waals surface area contributed by atoms with Crippen LogP contribution in [0.3, 0.4) is 0 Å². The lowest BCUT2D eigenvalue weighted by atomic mass is 10.2. The Bertz CT molecular complexity index is 721. The first-order valence-corrected chi connectivity index (χ1v) is 8.27. The molecule has 3 N–H and O–H groups in total. The summed E-state index contributed by atoms with van der Waals surface area (Å²) >= 11 is 1.73. The number of aromatic amines is 2. The zero-order chi connectivity index (χ0) is 15.4. The second-order valence-corrected chi connectivity index (χ2v) is 5.79. The lowest BCUT2D eigenvalue weighted by Crippen LogP contribution is -2.30. The van der Waals surface area contributed by atoms with E-state index in [1.54, 1.807) is 11.8 Å². The van der Waals surface area contributed by atoms with E-state index in [9.17, 15) is 4.79 Å². The van der Waals surface area contributed by atoms with Crippen molar-refractivity contribution in [1.82, 2.24) is 30.7 Å². The van der Waals surface area contributed by atoms with Crippen LogP contribution in [0.5, 0.6) is 0 Å². The Morgan fingerprint density at radius 2 is 2.27 bits per heavy atom. The van der Waals surface area contributed by atoms with Gasteiger partial charge in [0.15, 0.2) is 5.69 Å². The molecule has 0 saturated heterocycles. The van der Waals surface area contributed by atoms with Crippen molar-refractivity contribution in [2.24, 2.45) is 0 Å². The number of imidazole rings is 1. The highest BCUT2D eigenvalue weighted by molar-refractivity contribution is 7.98. The molecule has 1 amide bonds. The van der Waals surface area contributed by atoms with Gasteiger partial charge in [-0.1, -0.05) is 12.1 Å². The third kappa shape index (κ3) is 3.11. The normalized spacial score (nSPS) is 12.4. The Balaban J connectivity index is 1.83. The summed E-state index contributed by atoms with van der Waals surface area (Å²) in [4.78, 5) is 20.0. The molecule has 8 heteroatoms. The van der Waals surface area contributed by atoms with E-state index in [2.05, 4.69) is 30.7 Å². The Kier molecular flexibility index (Phi) is 4.38. The summed E-state index contributed by atoms with van der Waals surface area (Å²) in [7, 11) is 0. The molecule has 7 nitrogen and oxygen atoms in total. The van der Waals surface area contributed by atoms with Crippen LogP contribution in [0.15, 0.2) is 30.5 Å². The van der Waals surface area contributed by atoms with Crippen molar-refractivity contribution < 1.29 is 4.79 Å². The number of fused-ring (bicyclic) bond motifs is 1. The zero-order valence-electron chi connectivity index (χ0n) is 12.0. The molecule has 1 atom stereocenters. The molecule has 0 aliphatic carbocycles. The zero-order valence-corrected chi connectivity index (χ0v) is 12.9. The van der Waals surface area contributed by atoms with Gasteiger partial charge in [-0.25, -0.2) is 4.98 Å². The van der Waals surface area contributed by atoms with Crippen molar-refractivity contribution in [1.29, 1.82) is 0 Å². The van der Waals surface area contributed by atoms with E-state index in [1.807, 2.05) is 30.5 Å². The van der Waals surface area contributed by atoms with Crippen LogP contribution < -0.4 is 5.32 Å². The van der Waals surface area contributed by atoms with Crippen LogP contribution in [-0.2, 0) is 0 Å². The van der Waals surface area contributed by atoms with Gasteiger partial charge in [0.05, 0.1) is 23.3 Å². The molecule has 3 aromatic rings. The summed E-state index contributed by atoms with van der Waals surface area (Å²) in [6, 6.07) is 7.62. The van der Waals surface area contributed by atoms with Gasteiger partial charge in [-0.15, -0.1) is 0 Å². The minimum absolute atomic E-state index is 0.191. The monoisotopic (exact) mass is 316 g/mol. The molecule has 114 valence electrons. The smallest absolute Gasteiger partial charge is 0.274 e. The van der Waals surface area contributed by atoms with Crippen LogP contribution in [0, 0.1) is 0 Å². The Labute approximate surface area is 131 Å². The molecule has 0 fully saturated rings. The van der Waals surface area contributed by atoms with Gasteiger partial charge in [-0.2, -0.15) is 27.2 Å². The number of carbonyl (C=O) groups is 1. The number of carbonyl (C=O) groups excluding carboxylic acids is 1. The number of benzene rings is 1. The Hall–Kier alpha value is -2.35. The molecule has 0 bridgehead atoms. The molecule has 0 aliphatic rings. The highest BCUT2D eigenvalue weighted by atomic mass is 32.2. The maximum absolute atomic E-state index is 12.2. The number of para-hydroxylation sites is 2. The van der Waals surface area contributed by atoms with Crippen LogP contribution >= 0.6 is 11.8 Å². The van der Waals surface area contributed by atoms with Crippen molar-refractivity contribution >= 4 is 28.7 Å². The number of hydrogen-bond acceptors (Lipinski definition) is 5. The van der Waals surface area contributed by atoms with Crippen LogP contribution in [0.2, 0.25) is 0 Å². The molecular formula is C14H16N6OS. The molecule has 0 unspecified atom stereocenters. The number of amides is 1. The van der Waals surface area contributed by atoms with Gasteiger partial charge < -0.3 is 10.3 Å². The molecule has 22 heavy (non-hydrogen) atoms. The van der Waals surface area contributed by atoms with Crippen molar-refractivity contribution in [3.05, 3.63) is 42.0 Å². The van der Waals surface area contributed by atoms with Crippen LogP contribution in [0.25, 0.3) is 11.0 Å². The topological polar surface area (TPSA) is 99.3 Å². The second kappa shape index (κ2) is 6.61. The maximum atomic E-state index is 12.2. The number of aromatic nitrogens is 5. The molecule has 2 aromatic heterocycles. The summed E-state index contributed by atoms with van der Waals surface area (Å²) in [5.74, 6) is 1.41. The molecule has 0 aliphatic heterocycles. The van der Waals surface area contributed by atoms with Gasteiger partial charge in [0.1, 0.15) is 5.82 Å². The van der Waals surface area contributed by atoms with Crippen molar-refractivity contribution in [3.8, 4) is 0 Å². The molecule has 0 radical (unpaired) electrons.